The van der Waals surface area contributed by atoms with Crippen molar-refractivity contribution in [2.24, 2.45) is 5.41 Å². The number of hydrogen-bond acceptors (Lipinski definition) is 5. The van der Waals surface area contributed by atoms with Crippen molar-refractivity contribution in [3.63, 3.8) is 0 Å². The maximum absolute atomic E-state index is 10.9. The third kappa shape index (κ3) is 3.22. The molecular weight excluding hydrogens is 286 g/mol. The monoisotopic (exact) mass is 298 g/mol. The van der Waals surface area contributed by atoms with E-state index >= 15 is 0 Å². The van der Waals surface area contributed by atoms with Gasteiger partial charge < -0.3 is 25.0 Å². The van der Waals surface area contributed by atoms with Crippen LogP contribution in [0.5, 0.6) is 0 Å². The fourth-order valence-corrected chi connectivity index (χ4v) is 1.50. The quantitative estimate of drug-likeness (QED) is 0.321. The summed E-state index contributed by atoms with van der Waals surface area (Å²) in [6.07, 6.45) is 2.13. The molecule has 0 unspecified atom stereocenters. The van der Waals surface area contributed by atoms with E-state index in [0.29, 0.717) is 19.8 Å². The summed E-state index contributed by atoms with van der Waals surface area (Å²) in [7, 11) is 0. The molecule has 0 aromatic carbocycles. The first kappa shape index (κ1) is 15.0. The van der Waals surface area contributed by atoms with Gasteiger partial charge in [-0.15, -0.1) is 0 Å². The van der Waals surface area contributed by atoms with Crippen LogP contribution in [0.4, 0.5) is 0 Å². The summed E-state index contributed by atoms with van der Waals surface area (Å²) < 4.78 is 21.0. The third-order valence-electron chi connectivity index (χ3n) is 2.58. The molecule has 16 heavy (non-hydrogen) atoms. The second-order valence-electron chi connectivity index (χ2n) is 3.98. The van der Waals surface area contributed by atoms with Crippen molar-refractivity contribution in [3.05, 3.63) is 12.7 Å². The molecule has 84 valence electrons. The van der Waals surface area contributed by atoms with E-state index in [1.54, 1.807) is 6.92 Å². The second-order valence-corrected chi connectivity index (χ2v) is 3.98. The summed E-state index contributed by atoms with van der Waals surface area (Å²) in [6, 6.07) is 0. The predicted octanol–water partition coefficient (Wildman–Crippen LogP) is -2.74. The summed E-state index contributed by atoms with van der Waals surface area (Å²) in [4.78, 5) is 10.9. The number of ether oxygens (including phenoxy) is 4. The van der Waals surface area contributed by atoms with Crippen molar-refractivity contribution in [3.8, 4) is 0 Å². The Morgan fingerprint density at radius 2 is 1.88 bits per heavy atom. The van der Waals surface area contributed by atoms with Gasteiger partial charge in [-0.1, -0.05) is 0 Å². The first-order chi connectivity index (χ1) is 7.08. The van der Waals surface area contributed by atoms with Crippen molar-refractivity contribution < 1.29 is 81.9 Å². The molecule has 3 saturated heterocycles. The molecule has 3 heterocycles. The Balaban J connectivity index is 0.00000128. The van der Waals surface area contributed by atoms with E-state index in [-0.39, 0.29) is 70.2 Å². The van der Waals surface area contributed by atoms with Crippen molar-refractivity contribution in [1.29, 1.82) is 0 Å². The molecule has 0 N–H and O–H groups in total. The molecule has 0 radical (unpaired) electrons. The van der Waals surface area contributed by atoms with Gasteiger partial charge in [-0.2, -0.15) is 0 Å². The predicted molar refractivity (Wildman–Crippen MR) is 48.5 cm³/mol. The van der Waals surface area contributed by atoms with Crippen LogP contribution < -0.4 is 58.2 Å². The summed E-state index contributed by atoms with van der Waals surface area (Å²) >= 11 is 0. The molecular formula is C10H13O5Rb. The zero-order chi connectivity index (χ0) is 10.9. The molecule has 3 aliphatic rings. The summed E-state index contributed by atoms with van der Waals surface area (Å²) in [5.74, 6) is -1.49. The van der Waals surface area contributed by atoms with Crippen LogP contribution in [0.2, 0.25) is 0 Å². The number of carbonyl (C=O) groups excluding carboxylic acids is 1. The van der Waals surface area contributed by atoms with Crippen LogP contribution in [0.1, 0.15) is 6.92 Å². The van der Waals surface area contributed by atoms with Crippen molar-refractivity contribution in [1.82, 2.24) is 0 Å². The third-order valence-corrected chi connectivity index (χ3v) is 2.58. The minimum absolute atomic E-state index is 0. The molecule has 3 fully saturated rings. The van der Waals surface area contributed by atoms with Crippen LogP contribution in [0.3, 0.4) is 0 Å². The number of esters is 1. The Morgan fingerprint density at radius 1 is 1.38 bits per heavy atom. The second kappa shape index (κ2) is 5.69. The van der Waals surface area contributed by atoms with Crippen LogP contribution in [-0.2, 0) is 23.7 Å². The summed E-state index contributed by atoms with van der Waals surface area (Å²) in [5.41, 5.74) is -0.385. The zero-order valence-corrected chi connectivity index (χ0v) is 14.5. The van der Waals surface area contributed by atoms with Gasteiger partial charge in [0.1, 0.15) is 12.6 Å². The van der Waals surface area contributed by atoms with Crippen LogP contribution in [0.15, 0.2) is 6.58 Å². The van der Waals surface area contributed by atoms with Gasteiger partial charge in [-0.25, -0.2) is 0 Å². The van der Waals surface area contributed by atoms with Gasteiger partial charge in [0.05, 0.1) is 25.2 Å². The Hall–Kier alpha value is 0.895. The van der Waals surface area contributed by atoms with E-state index in [9.17, 15) is 4.79 Å². The molecule has 3 rings (SSSR count). The molecule has 0 saturated carbocycles. The van der Waals surface area contributed by atoms with E-state index in [1.165, 1.54) is 0 Å². The molecule has 0 aliphatic carbocycles. The standard InChI is InChI=1S/C10H13O5.Rb/c1-3-8(11)12-4-10-5-13-9(2,14-6-10)15-7-10;/h1,4-7H2,2H3;/q-1;+1. The Labute approximate surface area is 143 Å². The topological polar surface area (TPSA) is 54.0 Å². The van der Waals surface area contributed by atoms with Gasteiger partial charge in [-0.05, 0) is 0 Å². The van der Waals surface area contributed by atoms with Crippen LogP contribution in [0, 0.1) is 11.5 Å². The summed E-state index contributed by atoms with van der Waals surface area (Å²) in [5, 5.41) is 0. The smallest absolute Gasteiger partial charge is 0.489 e. The molecule has 0 amide bonds. The number of carbonyl (C=O) groups is 1. The normalized spacial score (nSPS) is 36.3. The summed E-state index contributed by atoms with van der Waals surface area (Å²) in [6.45, 7) is 6.52. The van der Waals surface area contributed by atoms with Gasteiger partial charge in [0, 0.05) is 6.92 Å². The fraction of sp³-hybridized carbons (Fsp3) is 0.700. The molecule has 5 nitrogen and oxygen atoms in total. The van der Waals surface area contributed by atoms with Crippen LogP contribution in [-0.4, -0.2) is 38.4 Å². The molecule has 0 atom stereocenters. The van der Waals surface area contributed by atoms with Gasteiger partial charge in [0.15, 0.2) is 0 Å². The van der Waals surface area contributed by atoms with Gasteiger partial charge >= 0.3 is 58.2 Å². The number of rotatable bonds is 3. The van der Waals surface area contributed by atoms with E-state index < -0.39 is 11.9 Å². The van der Waals surface area contributed by atoms with E-state index in [2.05, 4.69) is 12.7 Å². The van der Waals surface area contributed by atoms with E-state index in [4.69, 9.17) is 18.9 Å². The molecule has 3 aliphatic heterocycles. The Morgan fingerprint density at radius 3 is 2.31 bits per heavy atom. The molecule has 2 bridgehead atoms. The minimum Gasteiger partial charge on any atom is -0.489 e. The molecule has 0 aromatic rings. The SMILES string of the molecule is C=[C-]C(=O)OCC12COC(C)(OC1)OC2.[Rb+]. The Bertz CT molecular complexity index is 266. The largest absolute Gasteiger partial charge is 1.00 e. The molecule has 6 heteroatoms. The van der Waals surface area contributed by atoms with Crippen LogP contribution >= 0.6 is 0 Å². The van der Waals surface area contributed by atoms with E-state index in [0.717, 1.165) is 0 Å². The van der Waals surface area contributed by atoms with Crippen LogP contribution in [0.25, 0.3) is 0 Å². The molecule has 0 spiro atoms. The van der Waals surface area contributed by atoms with Gasteiger partial charge in [-0.3, -0.25) is 11.4 Å². The molecule has 0 aromatic heterocycles. The first-order valence-electron chi connectivity index (χ1n) is 4.69. The van der Waals surface area contributed by atoms with Crippen molar-refractivity contribution in [2.75, 3.05) is 26.4 Å². The van der Waals surface area contributed by atoms with Gasteiger partial charge in [0.25, 0.3) is 5.97 Å². The minimum atomic E-state index is -0.920. The number of fused-ring (bicyclic) bond motifs is 3. The van der Waals surface area contributed by atoms with E-state index in [1.807, 2.05) is 0 Å². The zero-order valence-electron chi connectivity index (χ0n) is 9.58. The van der Waals surface area contributed by atoms with Crippen molar-refractivity contribution in [2.45, 2.75) is 12.9 Å². The fourth-order valence-electron chi connectivity index (χ4n) is 1.50. The average molecular weight is 299 g/mol. The van der Waals surface area contributed by atoms with Crippen molar-refractivity contribution >= 4 is 5.97 Å². The number of hydrogen-bond donors (Lipinski definition) is 0. The maximum Gasteiger partial charge on any atom is 1.00 e. The Kier molecular flexibility index (Phi) is 5.32. The maximum atomic E-state index is 10.9. The first-order valence-corrected chi connectivity index (χ1v) is 4.69. The average Bonchev–Trinajstić information content (AvgIpc) is 2.28. The van der Waals surface area contributed by atoms with Gasteiger partial charge in [0.2, 0.25) is 0 Å².